The fourth-order valence-corrected chi connectivity index (χ4v) is 11.7. The van der Waals surface area contributed by atoms with E-state index in [0.29, 0.717) is 0 Å². The zero-order chi connectivity index (χ0) is 44.6. The summed E-state index contributed by atoms with van der Waals surface area (Å²) in [5.74, 6) is 0. The molecule has 0 fully saturated rings. The minimum atomic E-state index is -0.525. The quantitative estimate of drug-likeness (QED) is 0.161. The van der Waals surface area contributed by atoms with Crippen LogP contribution in [-0.2, 0) is 16.2 Å². The average Bonchev–Trinajstić information content (AvgIpc) is 3.36. The molecule has 3 heteroatoms. The lowest BCUT2D eigenvalue weighted by atomic mass is 9.54. The third kappa shape index (κ3) is 6.32. The van der Waals surface area contributed by atoms with Crippen molar-refractivity contribution < 1.29 is 0 Å². The molecule has 2 nitrogen and oxygen atoms in total. The number of rotatable bonds is 7. The topological polar surface area (TPSA) is 15.3 Å². The highest BCUT2D eigenvalue weighted by Crippen LogP contribution is 2.58. The molecule has 3 aliphatic rings. The molecule has 0 saturated heterocycles. The molecule has 1 N–H and O–H groups in total. The van der Waals surface area contributed by atoms with E-state index in [9.17, 15) is 0 Å². The molecule has 0 saturated carbocycles. The molecule has 318 valence electrons. The molecule has 0 atom stereocenters. The summed E-state index contributed by atoms with van der Waals surface area (Å²) in [7, 11) is 0.804. The van der Waals surface area contributed by atoms with Crippen molar-refractivity contribution in [3.05, 3.63) is 246 Å². The average molecular weight is 849 g/mol. The van der Waals surface area contributed by atoms with Gasteiger partial charge in [-0.05, 0) is 133 Å². The maximum Gasteiger partial charge on any atom is 0.198 e. The second-order valence-corrected chi connectivity index (χ2v) is 20.0. The van der Waals surface area contributed by atoms with Crippen molar-refractivity contribution in [2.24, 2.45) is 0 Å². The van der Waals surface area contributed by atoms with Crippen LogP contribution in [0.2, 0.25) is 0 Å². The molecule has 0 unspecified atom stereocenters. The minimum absolute atomic E-state index is 0.0259. The number of fused-ring (bicyclic) bond motifs is 5. The number of benzene rings is 9. The first kappa shape index (κ1) is 40.2. The smallest absolute Gasteiger partial charge is 0.198 e. The minimum Gasteiger partial charge on any atom is -0.355 e. The molecule has 2 heterocycles. The fraction of sp³-hybridized carbons (Fsp3) is 0.143. The Labute approximate surface area is 390 Å². The second-order valence-electron chi connectivity index (χ2n) is 20.0. The van der Waals surface area contributed by atoms with Gasteiger partial charge in [-0.2, -0.15) is 0 Å². The maximum absolute atomic E-state index is 4.04. The van der Waals surface area contributed by atoms with E-state index in [1.165, 1.54) is 94.7 Å². The van der Waals surface area contributed by atoms with Gasteiger partial charge in [-0.15, -0.1) is 0 Å². The predicted molar refractivity (Wildman–Crippen MR) is 281 cm³/mol. The van der Waals surface area contributed by atoms with Crippen molar-refractivity contribution >= 4 is 46.6 Å². The number of hydrogen-bond donors (Lipinski definition) is 1. The molecule has 0 spiro atoms. The Morgan fingerprint density at radius 1 is 0.424 bits per heavy atom. The first-order valence-corrected chi connectivity index (χ1v) is 23.7. The van der Waals surface area contributed by atoms with E-state index in [1.807, 2.05) is 0 Å². The predicted octanol–water partition coefficient (Wildman–Crippen LogP) is 14.6. The Bertz CT molecular complexity index is 3240. The molecule has 0 radical (unpaired) electrons. The van der Waals surface area contributed by atoms with Gasteiger partial charge in [0.15, 0.2) is 7.28 Å². The van der Waals surface area contributed by atoms with Crippen LogP contribution in [0.4, 0.5) is 28.4 Å². The van der Waals surface area contributed by atoms with Gasteiger partial charge in [-0.1, -0.05) is 203 Å². The van der Waals surface area contributed by atoms with E-state index in [1.54, 1.807) is 0 Å². The van der Waals surface area contributed by atoms with Crippen LogP contribution >= 0.6 is 0 Å². The Kier molecular flexibility index (Phi) is 9.37. The molecule has 0 bridgehead atoms. The zero-order valence-corrected chi connectivity index (χ0v) is 38.3. The molecule has 66 heavy (non-hydrogen) atoms. The Morgan fingerprint density at radius 2 is 0.955 bits per heavy atom. The molecule has 9 aromatic rings. The van der Waals surface area contributed by atoms with Crippen LogP contribution in [-0.4, -0.2) is 7.28 Å². The van der Waals surface area contributed by atoms with Crippen molar-refractivity contribution in [2.45, 2.75) is 56.8 Å². The highest BCUT2D eigenvalue weighted by molar-refractivity contribution is 6.73. The van der Waals surface area contributed by atoms with Gasteiger partial charge in [0.2, 0.25) is 0 Å². The van der Waals surface area contributed by atoms with Crippen LogP contribution in [0.3, 0.4) is 0 Å². The summed E-state index contributed by atoms with van der Waals surface area (Å²) in [5, 5.41) is 4.04. The molecule has 0 aromatic heterocycles. The molecular formula is C63H53BN2. The Hall–Kier alpha value is -7.36. The van der Waals surface area contributed by atoms with E-state index in [-0.39, 0.29) is 10.8 Å². The normalized spacial score (nSPS) is 15.6. The molecule has 2 aliphatic heterocycles. The maximum atomic E-state index is 4.04. The van der Waals surface area contributed by atoms with Gasteiger partial charge in [0, 0.05) is 28.3 Å². The molecular weight excluding hydrogens is 796 g/mol. The first-order valence-electron chi connectivity index (χ1n) is 23.7. The van der Waals surface area contributed by atoms with Crippen LogP contribution in [0.15, 0.2) is 212 Å². The molecule has 12 rings (SSSR count). The lowest BCUT2D eigenvalue weighted by Crippen LogP contribution is -2.47. The van der Waals surface area contributed by atoms with Gasteiger partial charge in [-0.25, -0.2) is 0 Å². The molecule has 1 aliphatic carbocycles. The molecule has 9 aromatic carbocycles. The molecule has 0 amide bonds. The second kappa shape index (κ2) is 15.4. The Morgan fingerprint density at radius 3 is 1.59 bits per heavy atom. The van der Waals surface area contributed by atoms with Crippen LogP contribution in [0, 0.1) is 0 Å². The van der Waals surface area contributed by atoms with Crippen molar-refractivity contribution in [3.8, 4) is 33.4 Å². The highest BCUT2D eigenvalue weighted by atomic mass is 15.2. The number of hydrogen-bond acceptors (Lipinski definition) is 2. The summed E-state index contributed by atoms with van der Waals surface area (Å²) in [6, 6.07) is 79.3. The van der Waals surface area contributed by atoms with Gasteiger partial charge in [0.1, 0.15) is 0 Å². The largest absolute Gasteiger partial charge is 0.355 e. The standard InChI is InChI=1S/C63H53BN2/c1-61(2)36-37-62(3,4)54-41-56(65-48-34-32-44(33-35-48)42-20-9-5-10-21-42)49(40-53(54)61)50-38-45(43-22-11-6-12-23-43)39-58-59(50)64-55-30-19-29-52-60(55)66(58)57-31-18-17-28-51(57)63(52,46-24-13-7-14-25-46)47-26-15-8-16-27-47/h5-35,38-41,64-65H,36-37H2,1-4H3. The monoisotopic (exact) mass is 848 g/mol. The van der Waals surface area contributed by atoms with Crippen LogP contribution in [0.1, 0.15) is 73.9 Å². The van der Waals surface area contributed by atoms with Crippen LogP contribution in [0.25, 0.3) is 33.4 Å². The summed E-state index contributed by atoms with van der Waals surface area (Å²) in [6.45, 7) is 9.77. The zero-order valence-electron chi connectivity index (χ0n) is 38.3. The summed E-state index contributed by atoms with van der Waals surface area (Å²) in [5.41, 5.74) is 23.6. The SMILES string of the molecule is CC1(C)CCC(C)(C)c2cc(-c3cc(-c4ccccc4)cc4c3Bc3cccc5c3N4c3ccccc3C5(c3ccccc3)c3ccccc3)c(Nc3ccc(-c4ccccc4)cc3)cc21. The van der Waals surface area contributed by atoms with Gasteiger partial charge in [0.25, 0.3) is 0 Å². The van der Waals surface area contributed by atoms with E-state index < -0.39 is 5.41 Å². The first-order chi connectivity index (χ1) is 32.2. The van der Waals surface area contributed by atoms with Gasteiger partial charge in [-0.3, -0.25) is 0 Å². The van der Waals surface area contributed by atoms with E-state index in [2.05, 4.69) is 250 Å². The summed E-state index contributed by atoms with van der Waals surface area (Å²) in [6.07, 6.45) is 2.30. The van der Waals surface area contributed by atoms with Gasteiger partial charge >= 0.3 is 0 Å². The number of nitrogens with one attached hydrogen (secondary N) is 1. The number of nitrogens with zero attached hydrogens (tertiary/aromatic N) is 1. The van der Waals surface area contributed by atoms with Crippen molar-refractivity contribution in [1.29, 1.82) is 0 Å². The number of para-hydroxylation sites is 2. The van der Waals surface area contributed by atoms with Crippen LogP contribution in [0.5, 0.6) is 0 Å². The van der Waals surface area contributed by atoms with Crippen LogP contribution < -0.4 is 21.1 Å². The van der Waals surface area contributed by atoms with E-state index in [0.717, 1.165) is 31.5 Å². The lowest BCUT2D eigenvalue weighted by molar-refractivity contribution is 0.332. The third-order valence-electron chi connectivity index (χ3n) is 15.2. The lowest BCUT2D eigenvalue weighted by Gasteiger charge is -2.49. The summed E-state index contributed by atoms with van der Waals surface area (Å²) >= 11 is 0. The fourth-order valence-electron chi connectivity index (χ4n) is 11.7. The van der Waals surface area contributed by atoms with Gasteiger partial charge < -0.3 is 10.2 Å². The Balaban J connectivity index is 1.13. The van der Waals surface area contributed by atoms with E-state index >= 15 is 0 Å². The highest BCUT2D eigenvalue weighted by Gasteiger charge is 2.48. The summed E-state index contributed by atoms with van der Waals surface area (Å²) in [4.78, 5) is 2.62. The van der Waals surface area contributed by atoms with E-state index in [4.69, 9.17) is 0 Å². The third-order valence-corrected chi connectivity index (χ3v) is 15.2. The van der Waals surface area contributed by atoms with Crippen molar-refractivity contribution in [2.75, 3.05) is 10.2 Å². The van der Waals surface area contributed by atoms with Gasteiger partial charge in [0.05, 0.1) is 11.1 Å². The number of anilines is 5. The van der Waals surface area contributed by atoms with Crippen molar-refractivity contribution in [1.82, 2.24) is 0 Å². The summed E-state index contributed by atoms with van der Waals surface area (Å²) < 4.78 is 0. The van der Waals surface area contributed by atoms with Crippen molar-refractivity contribution in [3.63, 3.8) is 0 Å².